The minimum Gasteiger partial charge on any atom is -0.352 e. The molecule has 1 aliphatic rings. The maximum Gasteiger partial charge on any atom is 0.251 e. The van der Waals surface area contributed by atoms with Gasteiger partial charge in [-0.3, -0.25) is 9.59 Å². The first-order chi connectivity index (χ1) is 12.2. The van der Waals surface area contributed by atoms with Crippen molar-refractivity contribution in [3.8, 4) is 0 Å². The first kappa shape index (κ1) is 22.5. The number of carbonyl (C=O) groups is 2. The molecule has 146 valence electrons. The molecule has 1 fully saturated rings. The molecular weight excluding hydrogens is 350 g/mol. The molecule has 0 bridgehead atoms. The van der Waals surface area contributed by atoms with E-state index in [2.05, 4.69) is 16.0 Å². The molecule has 2 amide bonds. The van der Waals surface area contributed by atoms with Crippen LogP contribution in [0.5, 0.6) is 0 Å². The lowest BCUT2D eigenvalue weighted by Crippen LogP contribution is -2.37. The van der Waals surface area contributed by atoms with Crippen LogP contribution in [0.3, 0.4) is 0 Å². The summed E-state index contributed by atoms with van der Waals surface area (Å²) in [5.74, 6) is -0.265. The van der Waals surface area contributed by atoms with E-state index in [1.165, 1.54) is 38.5 Å². The van der Waals surface area contributed by atoms with E-state index >= 15 is 0 Å². The Labute approximate surface area is 163 Å². The minimum atomic E-state index is -0.133. The molecule has 1 aromatic carbocycles. The average Bonchev–Trinajstić information content (AvgIpc) is 2.92. The quantitative estimate of drug-likeness (QED) is 0.478. The molecule has 26 heavy (non-hydrogen) atoms. The lowest BCUT2D eigenvalue weighted by molar-refractivity contribution is 0.0953. The molecule has 0 radical (unpaired) electrons. The molecule has 0 saturated heterocycles. The summed E-state index contributed by atoms with van der Waals surface area (Å²) >= 11 is 0. The molecule has 1 aliphatic carbocycles. The molecule has 5 nitrogen and oxygen atoms in total. The molecule has 1 saturated carbocycles. The van der Waals surface area contributed by atoms with Gasteiger partial charge in [-0.1, -0.05) is 38.7 Å². The van der Waals surface area contributed by atoms with E-state index in [-0.39, 0.29) is 24.2 Å². The summed E-state index contributed by atoms with van der Waals surface area (Å²) in [7, 11) is 0. The lowest BCUT2D eigenvalue weighted by atomic mass is 10.1. The molecule has 2 rings (SSSR count). The van der Waals surface area contributed by atoms with Crippen molar-refractivity contribution in [2.75, 3.05) is 19.6 Å². The van der Waals surface area contributed by atoms with Crippen LogP contribution in [0.25, 0.3) is 0 Å². The van der Waals surface area contributed by atoms with Gasteiger partial charge in [-0.25, -0.2) is 0 Å². The second-order valence-corrected chi connectivity index (χ2v) is 6.74. The summed E-state index contributed by atoms with van der Waals surface area (Å²) in [5, 5.41) is 9.30. The number of nitrogens with one attached hydrogen (secondary N) is 3. The Bertz CT molecular complexity index is 558. The fourth-order valence-corrected chi connectivity index (χ4v) is 3.18. The fourth-order valence-electron chi connectivity index (χ4n) is 3.18. The largest absolute Gasteiger partial charge is 0.352 e. The maximum absolute atomic E-state index is 12.3. The molecule has 0 spiro atoms. The summed E-state index contributed by atoms with van der Waals surface area (Å²) in [6, 6.07) is 7.46. The summed E-state index contributed by atoms with van der Waals surface area (Å²) in [4.78, 5) is 24.3. The van der Waals surface area contributed by atoms with Crippen molar-refractivity contribution in [3.63, 3.8) is 0 Å². The Balaban J connectivity index is 0.00000338. The average molecular weight is 382 g/mol. The van der Waals surface area contributed by atoms with Gasteiger partial charge in [0.1, 0.15) is 0 Å². The first-order valence-electron chi connectivity index (χ1n) is 9.60. The van der Waals surface area contributed by atoms with Crippen LogP contribution >= 0.6 is 12.4 Å². The Kier molecular flexibility index (Phi) is 11.0. The van der Waals surface area contributed by atoms with Crippen molar-refractivity contribution in [3.05, 3.63) is 35.4 Å². The number of rotatable bonds is 8. The van der Waals surface area contributed by atoms with Gasteiger partial charge in [-0.05, 0) is 37.5 Å². The van der Waals surface area contributed by atoms with Crippen molar-refractivity contribution in [1.82, 2.24) is 16.0 Å². The topological polar surface area (TPSA) is 70.2 Å². The van der Waals surface area contributed by atoms with Crippen LogP contribution in [0.4, 0.5) is 0 Å². The van der Waals surface area contributed by atoms with Gasteiger partial charge < -0.3 is 16.0 Å². The van der Waals surface area contributed by atoms with Crippen molar-refractivity contribution < 1.29 is 9.59 Å². The predicted octanol–water partition coefficient (Wildman–Crippen LogP) is 3.29. The summed E-state index contributed by atoms with van der Waals surface area (Å²) < 4.78 is 0. The van der Waals surface area contributed by atoms with Gasteiger partial charge in [0.15, 0.2) is 0 Å². The Morgan fingerprint density at radius 3 is 2.08 bits per heavy atom. The molecule has 0 aliphatic heterocycles. The third-order valence-corrected chi connectivity index (χ3v) is 4.62. The van der Waals surface area contributed by atoms with E-state index < -0.39 is 0 Å². The maximum atomic E-state index is 12.3. The van der Waals surface area contributed by atoms with Gasteiger partial charge in [-0.15, -0.1) is 12.4 Å². The summed E-state index contributed by atoms with van der Waals surface area (Å²) in [6.45, 7) is 4.03. The molecule has 0 aromatic heterocycles. The van der Waals surface area contributed by atoms with E-state index in [1.54, 1.807) is 24.3 Å². The molecule has 1 aromatic rings. The number of carbonyl (C=O) groups excluding carboxylic acids is 2. The minimum absolute atomic E-state index is 0. The Morgan fingerprint density at radius 1 is 0.923 bits per heavy atom. The van der Waals surface area contributed by atoms with Crippen LogP contribution in [0.15, 0.2) is 24.3 Å². The SMILES string of the molecule is CCCNC(=O)c1cccc(C(=O)NCCNC2CCCCCC2)c1.Cl. The van der Waals surface area contributed by atoms with E-state index in [4.69, 9.17) is 0 Å². The van der Waals surface area contributed by atoms with Gasteiger partial charge in [0.05, 0.1) is 0 Å². The number of hydrogen-bond acceptors (Lipinski definition) is 3. The number of amides is 2. The highest BCUT2D eigenvalue weighted by Crippen LogP contribution is 2.16. The van der Waals surface area contributed by atoms with Crippen molar-refractivity contribution >= 4 is 24.2 Å². The predicted molar refractivity (Wildman–Crippen MR) is 108 cm³/mol. The molecule has 0 heterocycles. The van der Waals surface area contributed by atoms with Crippen LogP contribution < -0.4 is 16.0 Å². The van der Waals surface area contributed by atoms with E-state index in [1.807, 2.05) is 6.92 Å². The first-order valence-corrected chi connectivity index (χ1v) is 9.60. The lowest BCUT2D eigenvalue weighted by Gasteiger charge is -2.16. The van der Waals surface area contributed by atoms with E-state index in [0.717, 1.165) is 13.0 Å². The Hall–Kier alpha value is -1.59. The van der Waals surface area contributed by atoms with Crippen LogP contribution in [0.2, 0.25) is 0 Å². The zero-order valence-corrected chi connectivity index (χ0v) is 16.5. The fraction of sp³-hybridized carbons (Fsp3) is 0.600. The van der Waals surface area contributed by atoms with Crippen molar-refractivity contribution in [1.29, 1.82) is 0 Å². The molecule has 3 N–H and O–H groups in total. The van der Waals surface area contributed by atoms with Crippen LogP contribution in [0, 0.1) is 0 Å². The summed E-state index contributed by atoms with van der Waals surface area (Å²) in [6.07, 6.45) is 8.66. The van der Waals surface area contributed by atoms with Gasteiger partial charge in [-0.2, -0.15) is 0 Å². The zero-order chi connectivity index (χ0) is 17.9. The van der Waals surface area contributed by atoms with Crippen LogP contribution in [0.1, 0.15) is 72.6 Å². The Morgan fingerprint density at radius 2 is 1.50 bits per heavy atom. The second-order valence-electron chi connectivity index (χ2n) is 6.74. The number of hydrogen-bond donors (Lipinski definition) is 3. The van der Waals surface area contributed by atoms with Crippen molar-refractivity contribution in [2.24, 2.45) is 0 Å². The second kappa shape index (κ2) is 12.7. The zero-order valence-electron chi connectivity index (χ0n) is 15.7. The highest BCUT2D eigenvalue weighted by molar-refractivity contribution is 5.99. The molecule has 0 unspecified atom stereocenters. The number of halogens is 1. The van der Waals surface area contributed by atoms with Gasteiger partial charge in [0.25, 0.3) is 11.8 Å². The van der Waals surface area contributed by atoms with E-state index in [9.17, 15) is 9.59 Å². The van der Waals surface area contributed by atoms with Gasteiger partial charge in [0.2, 0.25) is 0 Å². The van der Waals surface area contributed by atoms with E-state index in [0.29, 0.717) is 30.3 Å². The van der Waals surface area contributed by atoms with Crippen LogP contribution in [-0.2, 0) is 0 Å². The normalized spacial score (nSPS) is 14.8. The highest BCUT2D eigenvalue weighted by Gasteiger charge is 2.12. The monoisotopic (exact) mass is 381 g/mol. The summed E-state index contributed by atoms with van der Waals surface area (Å²) in [5.41, 5.74) is 1.05. The van der Waals surface area contributed by atoms with Crippen LogP contribution in [-0.4, -0.2) is 37.5 Å². The van der Waals surface area contributed by atoms with Crippen molar-refractivity contribution in [2.45, 2.75) is 57.9 Å². The smallest absolute Gasteiger partial charge is 0.251 e. The van der Waals surface area contributed by atoms with Gasteiger partial charge in [0, 0.05) is 36.8 Å². The van der Waals surface area contributed by atoms with Gasteiger partial charge >= 0.3 is 0 Å². The molecule has 0 atom stereocenters. The molecular formula is C20H32ClN3O2. The number of benzene rings is 1. The molecule has 6 heteroatoms. The third-order valence-electron chi connectivity index (χ3n) is 4.62. The third kappa shape index (κ3) is 7.75. The highest BCUT2D eigenvalue weighted by atomic mass is 35.5. The standard InChI is InChI=1S/C20H31N3O2.ClH/c1-2-12-22-19(24)16-8-7-9-17(15-16)20(25)23-14-13-21-18-10-5-3-4-6-11-18;/h7-9,15,18,21H,2-6,10-14H2,1H3,(H,22,24)(H,23,25);1H.